The number of hydrogen-bond acceptors (Lipinski definition) is 4. The van der Waals surface area contributed by atoms with E-state index >= 15 is 0 Å². The van der Waals surface area contributed by atoms with Crippen LogP contribution < -0.4 is 5.32 Å². The molecule has 0 aromatic rings. The van der Waals surface area contributed by atoms with E-state index in [1.807, 2.05) is 0 Å². The van der Waals surface area contributed by atoms with Crippen LogP contribution in [0.2, 0.25) is 0 Å². The van der Waals surface area contributed by atoms with Gasteiger partial charge in [-0.15, -0.1) is 0 Å². The Labute approximate surface area is 149 Å². The van der Waals surface area contributed by atoms with Gasteiger partial charge in [0.25, 0.3) is 0 Å². The summed E-state index contributed by atoms with van der Waals surface area (Å²) in [7, 11) is 0. The molecule has 0 aromatic heterocycles. The fraction of sp³-hybridized carbons (Fsp3) is 0.632. The zero-order valence-electron chi connectivity index (χ0n) is 15.4. The molecule has 2 aliphatic rings. The van der Waals surface area contributed by atoms with Crippen molar-refractivity contribution < 1.29 is 19.5 Å². The maximum atomic E-state index is 12.0. The standard InChI is InChI=1S/C19H28N2O4/c1-13(22)5-6-15(23)20-14-9-18(2,3)11-19(4,10-14)12-21-16(24)7-8-17(21)25/h5-8,14,16,24H,9-12H2,1-4H3,(H,20,23)/b6-5-. The molecular weight excluding hydrogens is 320 g/mol. The van der Waals surface area contributed by atoms with E-state index in [0.717, 1.165) is 12.8 Å². The van der Waals surface area contributed by atoms with Gasteiger partial charge in [0, 0.05) is 24.7 Å². The van der Waals surface area contributed by atoms with Crippen LogP contribution in [0, 0.1) is 10.8 Å². The van der Waals surface area contributed by atoms with Gasteiger partial charge >= 0.3 is 0 Å². The molecule has 6 heteroatoms. The van der Waals surface area contributed by atoms with Crippen molar-refractivity contribution in [3.8, 4) is 0 Å². The third-order valence-corrected chi connectivity index (χ3v) is 4.82. The molecule has 0 radical (unpaired) electrons. The third-order valence-electron chi connectivity index (χ3n) is 4.82. The van der Waals surface area contributed by atoms with Gasteiger partial charge in [0.1, 0.15) is 6.23 Å². The highest BCUT2D eigenvalue weighted by Gasteiger charge is 2.44. The highest BCUT2D eigenvalue weighted by atomic mass is 16.3. The van der Waals surface area contributed by atoms with Gasteiger partial charge in [-0.3, -0.25) is 14.4 Å². The summed E-state index contributed by atoms with van der Waals surface area (Å²) in [6.45, 7) is 8.23. The van der Waals surface area contributed by atoms with Crippen LogP contribution in [0.3, 0.4) is 0 Å². The van der Waals surface area contributed by atoms with Gasteiger partial charge in [-0.1, -0.05) is 20.8 Å². The number of aliphatic hydroxyl groups excluding tert-OH is 1. The Bertz CT molecular complexity index is 623. The molecule has 25 heavy (non-hydrogen) atoms. The summed E-state index contributed by atoms with van der Waals surface area (Å²) in [5.74, 6) is -0.626. The summed E-state index contributed by atoms with van der Waals surface area (Å²) < 4.78 is 0. The van der Waals surface area contributed by atoms with E-state index in [9.17, 15) is 19.5 Å². The summed E-state index contributed by atoms with van der Waals surface area (Å²) in [5, 5.41) is 12.9. The molecule has 2 N–H and O–H groups in total. The molecule has 6 nitrogen and oxygen atoms in total. The quantitative estimate of drug-likeness (QED) is 0.738. The van der Waals surface area contributed by atoms with Crippen LogP contribution >= 0.6 is 0 Å². The average molecular weight is 348 g/mol. The Balaban J connectivity index is 2.07. The number of rotatable bonds is 5. The van der Waals surface area contributed by atoms with Crippen molar-refractivity contribution in [2.24, 2.45) is 10.8 Å². The molecule has 3 unspecified atom stereocenters. The minimum absolute atomic E-state index is 0.00358. The lowest BCUT2D eigenvalue weighted by atomic mass is 9.62. The second-order valence-electron chi connectivity index (χ2n) is 8.45. The van der Waals surface area contributed by atoms with Gasteiger partial charge in [-0.25, -0.2) is 0 Å². The molecule has 1 heterocycles. The van der Waals surface area contributed by atoms with Crippen LogP contribution in [0.1, 0.15) is 47.0 Å². The van der Waals surface area contributed by atoms with E-state index in [-0.39, 0.29) is 34.5 Å². The molecule has 0 saturated heterocycles. The molecule has 2 amide bonds. The van der Waals surface area contributed by atoms with Gasteiger partial charge in [0.05, 0.1) is 0 Å². The maximum Gasteiger partial charge on any atom is 0.248 e. The Hall–Kier alpha value is -1.95. The Morgan fingerprint density at radius 3 is 2.56 bits per heavy atom. The van der Waals surface area contributed by atoms with Crippen molar-refractivity contribution in [1.29, 1.82) is 0 Å². The molecule has 0 bridgehead atoms. The van der Waals surface area contributed by atoms with Crippen LogP contribution in [0.25, 0.3) is 0 Å². The minimum Gasteiger partial charge on any atom is -0.370 e. The predicted molar refractivity (Wildman–Crippen MR) is 94.4 cm³/mol. The van der Waals surface area contributed by atoms with Crippen LogP contribution in [-0.2, 0) is 14.4 Å². The first-order valence-corrected chi connectivity index (χ1v) is 8.66. The lowest BCUT2D eigenvalue weighted by Crippen LogP contribution is -2.51. The van der Waals surface area contributed by atoms with Crippen molar-refractivity contribution in [1.82, 2.24) is 10.2 Å². The van der Waals surface area contributed by atoms with E-state index < -0.39 is 6.23 Å². The van der Waals surface area contributed by atoms with Crippen LogP contribution in [0.15, 0.2) is 24.3 Å². The first-order valence-electron chi connectivity index (χ1n) is 8.66. The zero-order chi connectivity index (χ0) is 18.8. The molecule has 1 aliphatic carbocycles. The number of nitrogens with one attached hydrogen (secondary N) is 1. The Morgan fingerprint density at radius 2 is 2.00 bits per heavy atom. The third kappa shape index (κ3) is 5.26. The van der Waals surface area contributed by atoms with Crippen LogP contribution in [0.5, 0.6) is 0 Å². The molecule has 0 spiro atoms. The minimum atomic E-state index is -0.874. The predicted octanol–water partition coefficient (Wildman–Crippen LogP) is 1.55. The van der Waals surface area contributed by atoms with Crippen molar-refractivity contribution in [3.05, 3.63) is 24.3 Å². The van der Waals surface area contributed by atoms with Gasteiger partial charge in [-0.2, -0.15) is 0 Å². The smallest absolute Gasteiger partial charge is 0.248 e. The van der Waals surface area contributed by atoms with Gasteiger partial charge in [0.2, 0.25) is 11.8 Å². The fourth-order valence-corrected chi connectivity index (χ4v) is 4.38. The second kappa shape index (κ2) is 7.12. The average Bonchev–Trinajstić information content (AvgIpc) is 2.74. The van der Waals surface area contributed by atoms with Gasteiger partial charge in [0.15, 0.2) is 5.78 Å². The fourth-order valence-electron chi connectivity index (χ4n) is 4.38. The topological polar surface area (TPSA) is 86.7 Å². The van der Waals surface area contributed by atoms with Crippen molar-refractivity contribution in [2.75, 3.05) is 6.54 Å². The van der Waals surface area contributed by atoms with Gasteiger partial charge < -0.3 is 15.3 Å². The van der Waals surface area contributed by atoms with E-state index in [0.29, 0.717) is 13.0 Å². The summed E-state index contributed by atoms with van der Waals surface area (Å²) in [4.78, 5) is 36.4. The second-order valence-corrected chi connectivity index (χ2v) is 8.45. The molecule has 2 rings (SSSR count). The van der Waals surface area contributed by atoms with Crippen LogP contribution in [0.4, 0.5) is 0 Å². The highest BCUT2D eigenvalue weighted by molar-refractivity contribution is 5.96. The number of nitrogens with zero attached hydrogens (tertiary/aromatic N) is 1. The number of carbonyl (C=O) groups excluding carboxylic acids is 3. The van der Waals surface area contributed by atoms with Crippen LogP contribution in [-0.4, -0.2) is 46.4 Å². The molecular formula is C19H28N2O4. The SMILES string of the molecule is CC(=O)/C=C\C(=O)NC1CC(C)(C)CC(C)(CN2C(=O)C=CC2O)C1. The zero-order valence-corrected chi connectivity index (χ0v) is 15.4. The maximum absolute atomic E-state index is 12.0. The summed E-state index contributed by atoms with van der Waals surface area (Å²) >= 11 is 0. The summed E-state index contributed by atoms with van der Waals surface area (Å²) in [5.41, 5.74) is -0.219. The lowest BCUT2D eigenvalue weighted by molar-refractivity contribution is -0.135. The van der Waals surface area contributed by atoms with Crippen molar-refractivity contribution in [3.63, 3.8) is 0 Å². The van der Waals surface area contributed by atoms with Crippen molar-refractivity contribution >= 4 is 17.6 Å². The first kappa shape index (κ1) is 19.4. The highest BCUT2D eigenvalue weighted by Crippen LogP contribution is 2.46. The van der Waals surface area contributed by atoms with E-state index in [4.69, 9.17) is 0 Å². The largest absolute Gasteiger partial charge is 0.370 e. The van der Waals surface area contributed by atoms with Gasteiger partial charge in [-0.05, 0) is 49.2 Å². The molecule has 1 aliphatic heterocycles. The molecule has 1 saturated carbocycles. The number of carbonyl (C=O) groups is 3. The number of allylic oxidation sites excluding steroid dienone is 1. The van der Waals surface area contributed by atoms with E-state index in [1.54, 1.807) is 0 Å². The Morgan fingerprint density at radius 1 is 1.32 bits per heavy atom. The normalized spacial score (nSPS) is 31.6. The summed E-state index contributed by atoms with van der Waals surface area (Å²) in [6.07, 6.45) is 6.97. The van der Waals surface area contributed by atoms with E-state index in [2.05, 4.69) is 26.1 Å². The summed E-state index contributed by atoms with van der Waals surface area (Å²) in [6, 6.07) is -0.0411. The number of amides is 2. The Kier molecular flexibility index (Phi) is 5.52. The molecule has 1 fully saturated rings. The number of ketones is 1. The number of hydrogen-bond donors (Lipinski definition) is 2. The number of aliphatic hydroxyl groups is 1. The lowest BCUT2D eigenvalue weighted by Gasteiger charge is -2.48. The first-order chi connectivity index (χ1) is 11.5. The van der Waals surface area contributed by atoms with E-state index in [1.165, 1.54) is 36.1 Å². The monoisotopic (exact) mass is 348 g/mol. The molecule has 0 aromatic carbocycles. The van der Waals surface area contributed by atoms with Crippen molar-refractivity contribution in [2.45, 2.75) is 59.2 Å². The molecule has 3 atom stereocenters. The molecule has 138 valence electrons.